The lowest BCUT2D eigenvalue weighted by molar-refractivity contribution is -0.151. The molecule has 1 saturated heterocycles. The first kappa shape index (κ1) is 23.9. The molecule has 1 saturated carbocycles. The molecule has 8 nitrogen and oxygen atoms in total. The second kappa shape index (κ2) is 11.3. The van der Waals surface area contributed by atoms with Gasteiger partial charge in [0.05, 0.1) is 18.9 Å². The molecule has 4 rings (SSSR count). The first-order valence-electron chi connectivity index (χ1n) is 11.8. The number of hydrogen-bond donors (Lipinski definition) is 2. The van der Waals surface area contributed by atoms with E-state index in [1.807, 2.05) is 0 Å². The Balaban J connectivity index is 1.62. The molecule has 1 aromatic carbocycles. The third-order valence-corrected chi connectivity index (χ3v) is 6.35. The molecule has 2 atom stereocenters. The molecule has 3 amide bonds. The van der Waals surface area contributed by atoms with E-state index in [4.69, 9.17) is 9.15 Å². The van der Waals surface area contributed by atoms with Crippen LogP contribution in [-0.2, 0) is 25.7 Å². The van der Waals surface area contributed by atoms with Crippen molar-refractivity contribution in [2.24, 2.45) is 0 Å². The number of benzene rings is 1. The first-order chi connectivity index (χ1) is 16.5. The maximum Gasteiger partial charge on any atom is 0.312 e. The van der Waals surface area contributed by atoms with Gasteiger partial charge in [-0.3, -0.25) is 14.4 Å². The third kappa shape index (κ3) is 5.83. The summed E-state index contributed by atoms with van der Waals surface area (Å²) in [5.41, 5.74) is 0.0134. The zero-order chi connectivity index (χ0) is 23.9. The van der Waals surface area contributed by atoms with Crippen molar-refractivity contribution >= 4 is 17.7 Å². The van der Waals surface area contributed by atoms with E-state index in [0.717, 1.165) is 37.0 Å². The highest BCUT2D eigenvalue weighted by Crippen LogP contribution is 2.27. The summed E-state index contributed by atoms with van der Waals surface area (Å²) in [6.45, 7) is 0.604. The minimum absolute atomic E-state index is 0.00406. The number of rotatable bonds is 8. The fourth-order valence-corrected chi connectivity index (χ4v) is 4.59. The quantitative estimate of drug-likeness (QED) is 0.577. The Labute approximate surface area is 197 Å². The molecule has 2 heterocycles. The van der Waals surface area contributed by atoms with Crippen LogP contribution in [0.1, 0.15) is 55.9 Å². The van der Waals surface area contributed by atoms with Crippen molar-refractivity contribution in [1.29, 1.82) is 0 Å². The minimum Gasteiger partial charge on any atom is -0.467 e. The van der Waals surface area contributed by atoms with Crippen LogP contribution in [0.25, 0.3) is 0 Å². The highest BCUT2D eigenvalue weighted by Gasteiger charge is 2.38. The Kier molecular flexibility index (Phi) is 7.95. The van der Waals surface area contributed by atoms with Crippen LogP contribution < -0.4 is 10.6 Å². The van der Waals surface area contributed by atoms with Gasteiger partial charge < -0.3 is 24.7 Å². The molecule has 0 bridgehead atoms. The van der Waals surface area contributed by atoms with Gasteiger partial charge in [-0.25, -0.2) is 4.39 Å². The van der Waals surface area contributed by atoms with Crippen LogP contribution in [0.2, 0.25) is 0 Å². The summed E-state index contributed by atoms with van der Waals surface area (Å²) in [6, 6.07) is 7.77. The minimum atomic E-state index is -1.35. The van der Waals surface area contributed by atoms with Gasteiger partial charge in [-0.15, -0.1) is 0 Å². The van der Waals surface area contributed by atoms with Gasteiger partial charge in [0.1, 0.15) is 17.6 Å². The number of furan rings is 1. The molecule has 1 aliphatic carbocycles. The van der Waals surface area contributed by atoms with E-state index < -0.39 is 29.6 Å². The summed E-state index contributed by atoms with van der Waals surface area (Å²) in [5.74, 6) is -2.39. The summed E-state index contributed by atoms with van der Waals surface area (Å²) in [6.07, 6.45) is 6.25. The van der Waals surface area contributed by atoms with Crippen LogP contribution in [0, 0.1) is 5.82 Å². The van der Waals surface area contributed by atoms with Crippen LogP contribution in [0.3, 0.4) is 0 Å². The van der Waals surface area contributed by atoms with Gasteiger partial charge in [0.2, 0.25) is 5.91 Å². The van der Waals surface area contributed by atoms with Gasteiger partial charge in [0.15, 0.2) is 0 Å². The number of nitrogens with one attached hydrogen (secondary N) is 2. The van der Waals surface area contributed by atoms with E-state index >= 15 is 0 Å². The maximum atomic E-state index is 14.9. The van der Waals surface area contributed by atoms with E-state index in [-0.39, 0.29) is 30.8 Å². The largest absolute Gasteiger partial charge is 0.467 e. The number of nitrogens with zero attached hydrogens (tertiary/aromatic N) is 1. The zero-order valence-electron chi connectivity index (χ0n) is 19.0. The second-order valence-electron chi connectivity index (χ2n) is 8.77. The molecule has 9 heteroatoms. The molecular weight excluding hydrogens is 441 g/mol. The summed E-state index contributed by atoms with van der Waals surface area (Å²) in [5, 5.41) is 5.50. The topological polar surface area (TPSA) is 101 Å². The van der Waals surface area contributed by atoms with Crippen molar-refractivity contribution in [2.45, 2.75) is 63.3 Å². The van der Waals surface area contributed by atoms with Crippen molar-refractivity contribution in [2.75, 3.05) is 13.2 Å². The molecule has 182 valence electrons. The lowest BCUT2D eigenvalue weighted by Gasteiger charge is -2.33. The molecule has 1 aromatic heterocycles. The van der Waals surface area contributed by atoms with Crippen molar-refractivity contribution < 1.29 is 27.9 Å². The summed E-state index contributed by atoms with van der Waals surface area (Å²) in [7, 11) is 0. The molecule has 2 fully saturated rings. The number of carbonyl (C=O) groups is 3. The number of hydrogen-bond acceptors (Lipinski definition) is 5. The number of amides is 3. The number of carbonyl (C=O) groups excluding carboxylic acids is 3. The van der Waals surface area contributed by atoms with E-state index in [1.54, 1.807) is 18.2 Å². The van der Waals surface area contributed by atoms with Gasteiger partial charge in [-0.2, -0.15) is 0 Å². The van der Waals surface area contributed by atoms with Crippen LogP contribution >= 0.6 is 0 Å². The standard InChI is InChI=1S/C25H30FN3O5/c26-21-12-4-3-11-20(21)22(23(30)27-15-18-9-5-13-33-18)29(16-19-10-6-14-34-19)25(32)24(31)28-17-7-1-2-8-17/h3-5,9,11-13,17,19,22H,1-2,6-8,10,14-16H2,(H,27,30)(H,28,31). The van der Waals surface area contributed by atoms with Gasteiger partial charge in [-0.1, -0.05) is 31.0 Å². The van der Waals surface area contributed by atoms with E-state index in [9.17, 15) is 18.8 Å². The van der Waals surface area contributed by atoms with Crippen LogP contribution in [-0.4, -0.2) is 47.9 Å². The highest BCUT2D eigenvalue weighted by atomic mass is 19.1. The molecule has 2 aromatic rings. The van der Waals surface area contributed by atoms with E-state index in [1.165, 1.54) is 24.5 Å². The molecule has 2 N–H and O–H groups in total. The fourth-order valence-electron chi connectivity index (χ4n) is 4.59. The van der Waals surface area contributed by atoms with E-state index in [0.29, 0.717) is 18.8 Å². The predicted molar refractivity (Wildman–Crippen MR) is 121 cm³/mol. The number of ether oxygens (including phenoxy) is 1. The molecule has 1 aliphatic heterocycles. The highest BCUT2D eigenvalue weighted by molar-refractivity contribution is 6.35. The Bertz CT molecular complexity index is 984. The fraction of sp³-hybridized carbons (Fsp3) is 0.480. The van der Waals surface area contributed by atoms with Crippen LogP contribution in [0.4, 0.5) is 4.39 Å². The van der Waals surface area contributed by atoms with Gasteiger partial charge in [-0.05, 0) is 43.9 Å². The third-order valence-electron chi connectivity index (χ3n) is 6.35. The van der Waals surface area contributed by atoms with Crippen molar-refractivity contribution in [3.63, 3.8) is 0 Å². The SMILES string of the molecule is O=C(NC1CCCC1)C(=O)N(CC1CCCO1)C(C(=O)NCc1ccco1)c1ccccc1F. The van der Waals surface area contributed by atoms with Crippen molar-refractivity contribution in [3.8, 4) is 0 Å². The molecular formula is C25H30FN3O5. The zero-order valence-corrected chi connectivity index (χ0v) is 19.0. The summed E-state index contributed by atoms with van der Waals surface area (Å²) < 4.78 is 25.9. The van der Waals surface area contributed by atoms with Crippen molar-refractivity contribution in [3.05, 3.63) is 59.8 Å². The second-order valence-corrected chi connectivity index (χ2v) is 8.77. The average molecular weight is 472 g/mol. The Morgan fingerprint density at radius 3 is 2.53 bits per heavy atom. The summed E-state index contributed by atoms with van der Waals surface area (Å²) >= 11 is 0. The molecule has 2 unspecified atom stereocenters. The van der Waals surface area contributed by atoms with Crippen LogP contribution in [0.5, 0.6) is 0 Å². The molecule has 2 aliphatic rings. The Morgan fingerprint density at radius 2 is 1.85 bits per heavy atom. The number of halogens is 1. The summed E-state index contributed by atoms with van der Waals surface area (Å²) in [4.78, 5) is 40.9. The van der Waals surface area contributed by atoms with Gasteiger partial charge in [0, 0.05) is 24.8 Å². The molecule has 0 spiro atoms. The lowest BCUT2D eigenvalue weighted by atomic mass is 10.0. The molecule has 0 radical (unpaired) electrons. The normalized spacial score (nSPS) is 19.0. The average Bonchev–Trinajstić information content (AvgIpc) is 3.62. The Morgan fingerprint density at radius 1 is 1.06 bits per heavy atom. The van der Waals surface area contributed by atoms with Gasteiger partial charge in [0.25, 0.3) is 0 Å². The maximum absolute atomic E-state index is 14.9. The van der Waals surface area contributed by atoms with Gasteiger partial charge >= 0.3 is 11.8 Å². The smallest absolute Gasteiger partial charge is 0.312 e. The van der Waals surface area contributed by atoms with Crippen molar-refractivity contribution in [1.82, 2.24) is 15.5 Å². The first-order valence-corrected chi connectivity index (χ1v) is 11.8. The molecule has 34 heavy (non-hydrogen) atoms. The Hall–Kier alpha value is -3.20. The monoisotopic (exact) mass is 471 g/mol. The predicted octanol–water partition coefficient (Wildman–Crippen LogP) is 2.84. The van der Waals surface area contributed by atoms with E-state index in [2.05, 4.69) is 10.6 Å². The van der Waals surface area contributed by atoms with Crippen LogP contribution in [0.15, 0.2) is 47.1 Å². The lowest BCUT2D eigenvalue weighted by Crippen LogP contribution is -2.52.